The molecule has 0 saturated heterocycles. The first-order valence-corrected chi connectivity index (χ1v) is 13.7. The van der Waals surface area contributed by atoms with E-state index in [1.807, 2.05) is 20.8 Å². The highest BCUT2D eigenvalue weighted by Crippen LogP contribution is 2.37. The summed E-state index contributed by atoms with van der Waals surface area (Å²) in [4.78, 5) is 12.4. The lowest BCUT2D eigenvalue weighted by atomic mass is 9.98. The zero-order valence-electron chi connectivity index (χ0n) is 22.6. The third kappa shape index (κ3) is 6.75. The van der Waals surface area contributed by atoms with Crippen LogP contribution in [0.1, 0.15) is 43.5 Å². The summed E-state index contributed by atoms with van der Waals surface area (Å²) in [5.41, 5.74) is 1.27. The monoisotopic (exact) mass is 535 g/mol. The van der Waals surface area contributed by atoms with E-state index in [4.69, 9.17) is 18.9 Å². The Morgan fingerprint density at radius 1 is 0.892 bits per heavy atom. The number of sulfone groups is 1. The van der Waals surface area contributed by atoms with Crippen molar-refractivity contribution in [2.24, 2.45) is 0 Å². The summed E-state index contributed by atoms with van der Waals surface area (Å²) in [5.74, 6) is 0.0744. The molecule has 0 saturated carbocycles. The molecule has 2 aromatic carbocycles. The van der Waals surface area contributed by atoms with Crippen molar-refractivity contribution in [1.82, 2.24) is 0 Å². The molecule has 9 nitrogen and oxygen atoms in total. The van der Waals surface area contributed by atoms with Crippen LogP contribution in [0.2, 0.25) is 0 Å². The van der Waals surface area contributed by atoms with Crippen LogP contribution >= 0.6 is 0 Å². The lowest BCUT2D eigenvalue weighted by Gasteiger charge is -2.44. The summed E-state index contributed by atoms with van der Waals surface area (Å²) in [6, 6.07) is 7.06. The highest BCUT2D eigenvalue weighted by Gasteiger charge is 2.37. The Bertz CT molecular complexity index is 1190. The number of benzene rings is 2. The third-order valence-electron chi connectivity index (χ3n) is 6.81. The Labute approximate surface area is 219 Å². The maximum atomic E-state index is 13.1. The summed E-state index contributed by atoms with van der Waals surface area (Å²) >= 11 is 0. The van der Waals surface area contributed by atoms with Gasteiger partial charge in [-0.05, 0) is 44.5 Å². The Morgan fingerprint density at radius 3 is 1.86 bits per heavy atom. The molecular weight excluding hydrogens is 498 g/mol. The average molecular weight is 536 g/mol. The zero-order chi connectivity index (χ0) is 27.8. The fourth-order valence-electron chi connectivity index (χ4n) is 4.60. The predicted octanol–water partition coefficient (Wildman–Crippen LogP) is 2.97. The fraction of sp³-hybridized carbons (Fsp3) is 0.444. The van der Waals surface area contributed by atoms with Crippen molar-refractivity contribution in [2.75, 3.05) is 48.1 Å². The molecule has 0 aromatic heterocycles. The van der Waals surface area contributed by atoms with Gasteiger partial charge in [0.2, 0.25) is 0 Å². The predicted molar refractivity (Wildman–Crippen MR) is 140 cm³/mol. The number of aliphatic carboxylic acids is 1. The number of carbonyl (C=O) groups is 1. The van der Waals surface area contributed by atoms with Gasteiger partial charge in [-0.25, -0.2) is 8.42 Å². The first kappa shape index (κ1) is 30.0. The number of hydrogen-bond acceptors (Lipinski definition) is 8. The second-order valence-electron chi connectivity index (χ2n) is 8.52. The van der Waals surface area contributed by atoms with Crippen LogP contribution in [-0.2, 0) is 20.4 Å². The number of quaternary nitrogens is 1. The van der Waals surface area contributed by atoms with E-state index in [1.54, 1.807) is 30.3 Å². The van der Waals surface area contributed by atoms with E-state index < -0.39 is 21.8 Å². The van der Waals surface area contributed by atoms with Crippen LogP contribution in [0.3, 0.4) is 0 Å². The van der Waals surface area contributed by atoms with Crippen LogP contribution in [-0.4, -0.2) is 66.9 Å². The van der Waals surface area contributed by atoms with Gasteiger partial charge >= 0.3 is 0 Å². The van der Waals surface area contributed by atoms with E-state index in [-0.39, 0.29) is 10.2 Å². The minimum atomic E-state index is -3.76. The summed E-state index contributed by atoms with van der Waals surface area (Å²) in [7, 11) is 2.13. The molecule has 0 aliphatic carbocycles. The maximum Gasteiger partial charge on any atom is 0.175 e. The van der Waals surface area contributed by atoms with Crippen molar-refractivity contribution in [1.29, 1.82) is 0 Å². The number of methoxy groups -OCH3 is 4. The number of rotatable bonds is 14. The second kappa shape index (κ2) is 12.8. The van der Waals surface area contributed by atoms with Crippen molar-refractivity contribution >= 4 is 21.9 Å². The highest BCUT2D eigenvalue weighted by atomic mass is 32.2. The van der Waals surface area contributed by atoms with Crippen LogP contribution in [0.15, 0.2) is 35.7 Å². The minimum absolute atomic E-state index is 0.242. The SMILES string of the molecule is CC[N+](CC)(CC)C(C(=O)[O-])c1cc(CS(=O)(=O)/C=C/c2c(OC)cc(OC)cc2OC)ccc1OC. The van der Waals surface area contributed by atoms with Crippen molar-refractivity contribution in [3.8, 4) is 23.0 Å². The Hall–Kier alpha value is -3.24. The van der Waals surface area contributed by atoms with Gasteiger partial charge in [-0.1, -0.05) is 6.07 Å². The molecule has 2 aromatic rings. The second-order valence-corrected chi connectivity index (χ2v) is 10.4. The lowest BCUT2D eigenvalue weighted by Crippen LogP contribution is -2.56. The summed E-state index contributed by atoms with van der Waals surface area (Å²) in [6.07, 6.45) is 1.41. The molecule has 204 valence electrons. The molecule has 0 radical (unpaired) electrons. The fourth-order valence-corrected chi connectivity index (χ4v) is 5.68. The van der Waals surface area contributed by atoms with Gasteiger partial charge in [0, 0.05) is 17.5 Å². The normalized spacial score (nSPS) is 12.8. The van der Waals surface area contributed by atoms with Crippen molar-refractivity contribution in [2.45, 2.75) is 32.6 Å². The van der Waals surface area contributed by atoms with E-state index >= 15 is 0 Å². The van der Waals surface area contributed by atoms with Gasteiger partial charge in [-0.2, -0.15) is 0 Å². The lowest BCUT2D eigenvalue weighted by molar-refractivity contribution is -0.946. The van der Waals surface area contributed by atoms with Gasteiger partial charge in [0.05, 0.1) is 65.0 Å². The van der Waals surface area contributed by atoms with Gasteiger partial charge < -0.3 is 33.3 Å². The molecule has 0 aliphatic rings. The third-order valence-corrected chi connectivity index (χ3v) is 8.10. The number of carboxylic acids is 1. The first-order valence-electron chi connectivity index (χ1n) is 12.0. The van der Waals surface area contributed by atoms with Crippen LogP contribution in [0, 0.1) is 0 Å². The molecule has 0 amide bonds. The van der Waals surface area contributed by atoms with Gasteiger partial charge in [0.25, 0.3) is 0 Å². The van der Waals surface area contributed by atoms with E-state index in [0.29, 0.717) is 59.3 Å². The van der Waals surface area contributed by atoms with Crippen molar-refractivity contribution in [3.63, 3.8) is 0 Å². The molecule has 0 N–H and O–H groups in total. The smallest absolute Gasteiger partial charge is 0.175 e. The number of carbonyl (C=O) groups excluding carboxylic acids is 1. The minimum Gasteiger partial charge on any atom is -0.544 e. The molecule has 0 fully saturated rings. The van der Waals surface area contributed by atoms with E-state index in [1.165, 1.54) is 34.5 Å². The van der Waals surface area contributed by atoms with Gasteiger partial charge in [0.1, 0.15) is 29.0 Å². The van der Waals surface area contributed by atoms with Gasteiger partial charge in [0.15, 0.2) is 15.9 Å². The number of carboxylic acid groups (broad SMARTS) is 1. The summed E-state index contributed by atoms with van der Waals surface area (Å²) < 4.78 is 47.9. The molecule has 10 heteroatoms. The number of hydrogen-bond donors (Lipinski definition) is 0. The Morgan fingerprint density at radius 2 is 1.43 bits per heavy atom. The molecule has 0 spiro atoms. The van der Waals surface area contributed by atoms with Crippen molar-refractivity contribution < 1.29 is 41.7 Å². The quantitative estimate of drug-likeness (QED) is 0.340. The largest absolute Gasteiger partial charge is 0.544 e. The average Bonchev–Trinajstić information content (AvgIpc) is 2.89. The molecule has 0 heterocycles. The standard InChI is InChI=1S/C27H37NO8S/c1-8-28(9-2,10-3)26(27(29)30)22-15-19(11-12-23(22)34-5)18-37(31,32)14-13-21-24(35-6)16-20(33-4)17-25(21)36-7/h11-17,26H,8-10,18H2,1-7H3/b14-13+. The van der Waals surface area contributed by atoms with Gasteiger partial charge in [-0.15, -0.1) is 0 Å². The number of likely N-dealkylation sites (N-methyl/N-ethyl adjacent to an activating group) is 1. The molecule has 37 heavy (non-hydrogen) atoms. The first-order chi connectivity index (χ1) is 17.5. The van der Waals surface area contributed by atoms with Crippen molar-refractivity contribution in [3.05, 3.63) is 52.4 Å². The van der Waals surface area contributed by atoms with Crippen LogP contribution in [0.5, 0.6) is 23.0 Å². The van der Waals surface area contributed by atoms with Gasteiger partial charge in [-0.3, -0.25) is 0 Å². The van der Waals surface area contributed by atoms with Crippen LogP contribution in [0.25, 0.3) is 6.08 Å². The van der Waals surface area contributed by atoms with Crippen LogP contribution in [0.4, 0.5) is 0 Å². The molecule has 1 unspecified atom stereocenters. The molecule has 0 aliphatic heterocycles. The number of ether oxygens (including phenoxy) is 4. The van der Waals surface area contributed by atoms with E-state index in [0.717, 1.165) is 5.41 Å². The molecule has 2 rings (SSSR count). The maximum absolute atomic E-state index is 13.1. The van der Waals surface area contributed by atoms with E-state index in [9.17, 15) is 18.3 Å². The summed E-state index contributed by atoms with van der Waals surface area (Å²) in [6.45, 7) is 7.46. The summed E-state index contributed by atoms with van der Waals surface area (Å²) in [5, 5.41) is 13.5. The van der Waals surface area contributed by atoms with E-state index in [2.05, 4.69) is 0 Å². The highest BCUT2D eigenvalue weighted by molar-refractivity contribution is 7.93. The Balaban J connectivity index is 2.51. The zero-order valence-corrected chi connectivity index (χ0v) is 23.4. The topological polar surface area (TPSA) is 111 Å². The Kier molecular flexibility index (Phi) is 10.4. The molecule has 1 atom stereocenters. The molecule has 0 bridgehead atoms. The molecular formula is C27H37NO8S. The number of nitrogens with zero attached hydrogens (tertiary/aromatic N) is 1. The van der Waals surface area contributed by atoms with Crippen LogP contribution < -0.4 is 24.1 Å².